The molecule has 1 unspecified atom stereocenters. The van der Waals surface area contributed by atoms with Crippen molar-refractivity contribution in [3.8, 4) is 0 Å². The lowest BCUT2D eigenvalue weighted by atomic mass is 10.00. The summed E-state index contributed by atoms with van der Waals surface area (Å²) in [5.41, 5.74) is 4.11. The number of carbonyl (C=O) groups excluding carboxylic acids is 2. The Bertz CT molecular complexity index is 1160. The van der Waals surface area contributed by atoms with Crippen LogP contribution in [0.25, 0.3) is 0 Å². The first-order valence-electron chi connectivity index (χ1n) is 10.2. The SMILES string of the molecule is CC(C)c1ccccc1N1C(=O)CSC1c1ccc(NC(=O)c2ccc(Cl)cc2Cl)cc1. The van der Waals surface area contributed by atoms with Gasteiger partial charge in [0.2, 0.25) is 5.91 Å². The fourth-order valence-electron chi connectivity index (χ4n) is 3.73. The molecule has 0 saturated carbocycles. The van der Waals surface area contributed by atoms with E-state index in [2.05, 4.69) is 25.2 Å². The van der Waals surface area contributed by atoms with Crippen molar-refractivity contribution in [1.82, 2.24) is 0 Å². The van der Waals surface area contributed by atoms with Gasteiger partial charge in [0.05, 0.1) is 16.3 Å². The fraction of sp³-hybridized carbons (Fsp3) is 0.200. The molecule has 0 spiro atoms. The number of anilines is 2. The number of amides is 2. The molecule has 1 heterocycles. The van der Waals surface area contributed by atoms with Crippen molar-refractivity contribution in [2.24, 2.45) is 0 Å². The average molecular weight is 485 g/mol. The van der Waals surface area contributed by atoms with Gasteiger partial charge in [-0.1, -0.05) is 67.4 Å². The van der Waals surface area contributed by atoms with Crippen LogP contribution < -0.4 is 10.2 Å². The Morgan fingerprint density at radius 3 is 2.47 bits per heavy atom. The molecule has 0 radical (unpaired) electrons. The van der Waals surface area contributed by atoms with E-state index in [9.17, 15) is 9.59 Å². The summed E-state index contributed by atoms with van der Waals surface area (Å²) in [6.07, 6.45) is 0. The number of thioether (sulfide) groups is 1. The highest BCUT2D eigenvalue weighted by molar-refractivity contribution is 8.00. The molecule has 4 rings (SSSR count). The predicted molar refractivity (Wildman–Crippen MR) is 134 cm³/mol. The number of nitrogens with zero attached hydrogens (tertiary/aromatic N) is 1. The third kappa shape index (κ3) is 4.65. The number of nitrogens with one attached hydrogen (secondary N) is 1. The van der Waals surface area contributed by atoms with Gasteiger partial charge in [0.1, 0.15) is 5.37 Å². The van der Waals surface area contributed by atoms with E-state index >= 15 is 0 Å². The molecular formula is C25H22Cl2N2O2S. The second-order valence-corrected chi connectivity index (χ2v) is 9.75. The Balaban J connectivity index is 1.56. The van der Waals surface area contributed by atoms with Crippen LogP contribution in [0.4, 0.5) is 11.4 Å². The predicted octanol–water partition coefficient (Wildman–Crippen LogP) is 7.15. The Kier molecular flexibility index (Phi) is 6.79. The topological polar surface area (TPSA) is 49.4 Å². The maximum absolute atomic E-state index is 12.8. The lowest BCUT2D eigenvalue weighted by molar-refractivity contribution is -0.115. The van der Waals surface area contributed by atoms with Gasteiger partial charge in [-0.25, -0.2) is 0 Å². The van der Waals surface area contributed by atoms with E-state index in [0.29, 0.717) is 33.0 Å². The van der Waals surface area contributed by atoms with Crippen molar-refractivity contribution < 1.29 is 9.59 Å². The van der Waals surface area contributed by atoms with E-state index in [-0.39, 0.29) is 17.2 Å². The molecule has 3 aromatic carbocycles. The van der Waals surface area contributed by atoms with Gasteiger partial charge in [-0.2, -0.15) is 0 Å². The monoisotopic (exact) mass is 484 g/mol. The van der Waals surface area contributed by atoms with Gasteiger partial charge in [0.15, 0.2) is 0 Å². The molecule has 0 bridgehead atoms. The first-order chi connectivity index (χ1) is 15.3. The lowest BCUT2D eigenvalue weighted by Crippen LogP contribution is -2.29. The summed E-state index contributed by atoms with van der Waals surface area (Å²) in [6.45, 7) is 4.26. The van der Waals surface area contributed by atoms with Crippen molar-refractivity contribution in [3.63, 3.8) is 0 Å². The molecule has 1 N–H and O–H groups in total. The first kappa shape index (κ1) is 22.7. The number of carbonyl (C=O) groups is 2. The molecule has 7 heteroatoms. The van der Waals surface area contributed by atoms with Crippen molar-refractivity contribution in [2.45, 2.75) is 25.1 Å². The molecule has 0 aliphatic carbocycles. The van der Waals surface area contributed by atoms with E-state index in [4.69, 9.17) is 23.2 Å². The second-order valence-electron chi connectivity index (χ2n) is 7.84. The maximum atomic E-state index is 12.8. The van der Waals surface area contributed by atoms with Crippen LogP contribution in [0.2, 0.25) is 10.0 Å². The number of hydrogen-bond donors (Lipinski definition) is 1. The Labute approximate surface area is 201 Å². The van der Waals surface area contributed by atoms with Crippen LogP contribution in [0.15, 0.2) is 66.7 Å². The molecule has 3 aromatic rings. The normalized spacial score (nSPS) is 16.0. The Morgan fingerprint density at radius 1 is 1.06 bits per heavy atom. The summed E-state index contributed by atoms with van der Waals surface area (Å²) in [7, 11) is 0. The summed E-state index contributed by atoms with van der Waals surface area (Å²) in [5.74, 6) is 0.535. The highest BCUT2D eigenvalue weighted by Crippen LogP contribution is 2.44. The average Bonchev–Trinajstić information content (AvgIpc) is 3.15. The summed E-state index contributed by atoms with van der Waals surface area (Å²) < 4.78 is 0. The molecule has 164 valence electrons. The van der Waals surface area contributed by atoms with Crippen LogP contribution in [0, 0.1) is 0 Å². The zero-order valence-electron chi connectivity index (χ0n) is 17.6. The lowest BCUT2D eigenvalue weighted by Gasteiger charge is -2.27. The quantitative estimate of drug-likeness (QED) is 0.418. The fourth-order valence-corrected chi connectivity index (χ4v) is 5.39. The van der Waals surface area contributed by atoms with Crippen LogP contribution in [0.1, 0.15) is 46.6 Å². The van der Waals surface area contributed by atoms with Gasteiger partial charge in [0.25, 0.3) is 5.91 Å². The molecule has 1 aliphatic heterocycles. The van der Waals surface area contributed by atoms with Gasteiger partial charge >= 0.3 is 0 Å². The molecular weight excluding hydrogens is 463 g/mol. The van der Waals surface area contributed by atoms with Crippen LogP contribution in [0.3, 0.4) is 0 Å². The van der Waals surface area contributed by atoms with Gasteiger partial charge < -0.3 is 5.32 Å². The van der Waals surface area contributed by atoms with Crippen molar-refractivity contribution >= 4 is 58.2 Å². The smallest absolute Gasteiger partial charge is 0.257 e. The second kappa shape index (κ2) is 9.57. The zero-order chi connectivity index (χ0) is 22.8. The standard InChI is InChI=1S/C25H22Cl2N2O2S/c1-15(2)19-5-3-4-6-22(19)29-23(30)14-32-25(29)16-7-10-18(11-8-16)28-24(31)20-12-9-17(26)13-21(20)27/h3-13,15,25H,14H2,1-2H3,(H,28,31). The number of para-hydroxylation sites is 1. The van der Waals surface area contributed by atoms with Crippen LogP contribution in [-0.4, -0.2) is 17.6 Å². The van der Waals surface area contributed by atoms with E-state index < -0.39 is 0 Å². The zero-order valence-corrected chi connectivity index (χ0v) is 20.0. The summed E-state index contributed by atoms with van der Waals surface area (Å²) >= 11 is 13.7. The van der Waals surface area contributed by atoms with Crippen LogP contribution >= 0.6 is 35.0 Å². The summed E-state index contributed by atoms with van der Waals surface area (Å²) in [6, 6.07) is 20.4. The maximum Gasteiger partial charge on any atom is 0.257 e. The summed E-state index contributed by atoms with van der Waals surface area (Å²) in [5, 5.41) is 3.52. The minimum atomic E-state index is -0.308. The first-order valence-corrected chi connectivity index (χ1v) is 12.0. The minimum absolute atomic E-state index is 0.0999. The van der Waals surface area contributed by atoms with Gasteiger partial charge in [-0.05, 0) is 53.4 Å². The molecule has 2 amide bonds. The molecule has 0 aromatic heterocycles. The molecule has 1 fully saturated rings. The molecule has 1 atom stereocenters. The molecule has 32 heavy (non-hydrogen) atoms. The van der Waals surface area contributed by atoms with Crippen molar-refractivity contribution in [3.05, 3.63) is 93.5 Å². The third-order valence-electron chi connectivity index (χ3n) is 5.32. The van der Waals surface area contributed by atoms with Crippen molar-refractivity contribution in [2.75, 3.05) is 16.0 Å². The largest absolute Gasteiger partial charge is 0.322 e. The molecule has 4 nitrogen and oxygen atoms in total. The minimum Gasteiger partial charge on any atom is -0.322 e. The highest BCUT2D eigenvalue weighted by atomic mass is 35.5. The Morgan fingerprint density at radius 2 is 1.78 bits per heavy atom. The van der Waals surface area contributed by atoms with Crippen LogP contribution in [-0.2, 0) is 4.79 Å². The number of rotatable bonds is 5. The number of halogens is 2. The van der Waals surface area contributed by atoms with Gasteiger partial charge in [0, 0.05) is 16.4 Å². The van der Waals surface area contributed by atoms with E-state index in [0.717, 1.165) is 16.8 Å². The van der Waals surface area contributed by atoms with Gasteiger partial charge in [-0.15, -0.1) is 11.8 Å². The summed E-state index contributed by atoms with van der Waals surface area (Å²) in [4.78, 5) is 27.2. The molecule has 1 saturated heterocycles. The van der Waals surface area contributed by atoms with E-state index in [1.54, 1.807) is 30.0 Å². The molecule has 1 aliphatic rings. The Hall–Kier alpha value is -2.47. The highest BCUT2D eigenvalue weighted by Gasteiger charge is 2.35. The number of benzene rings is 3. The van der Waals surface area contributed by atoms with E-state index in [1.807, 2.05) is 47.4 Å². The van der Waals surface area contributed by atoms with E-state index in [1.165, 1.54) is 0 Å². The van der Waals surface area contributed by atoms with Crippen molar-refractivity contribution in [1.29, 1.82) is 0 Å². The van der Waals surface area contributed by atoms with Gasteiger partial charge in [-0.3, -0.25) is 14.5 Å². The number of hydrogen-bond acceptors (Lipinski definition) is 3. The third-order valence-corrected chi connectivity index (χ3v) is 7.08. The van der Waals surface area contributed by atoms with Crippen LogP contribution in [0.5, 0.6) is 0 Å².